The highest BCUT2D eigenvalue weighted by Crippen LogP contribution is 2.26. The van der Waals surface area contributed by atoms with Crippen LogP contribution in [0.3, 0.4) is 0 Å². The van der Waals surface area contributed by atoms with E-state index in [0.29, 0.717) is 18.3 Å². The van der Waals surface area contributed by atoms with E-state index in [1.807, 2.05) is 19.2 Å². The molecule has 1 aliphatic rings. The summed E-state index contributed by atoms with van der Waals surface area (Å²) in [7, 11) is 0. The molecule has 6 heteroatoms. The number of pyridine rings is 2. The largest absolute Gasteiger partial charge is 0.372 e. The third kappa shape index (κ3) is 4.38. The number of hydrogen-bond acceptors (Lipinski definition) is 4. The summed E-state index contributed by atoms with van der Waals surface area (Å²) in [5, 5.41) is 2.94. The molecule has 158 valence electrons. The summed E-state index contributed by atoms with van der Waals surface area (Å²) in [4.78, 5) is 21.7. The fourth-order valence-corrected chi connectivity index (χ4v) is 4.17. The number of carbonyl (C=O) groups is 1. The molecule has 0 spiro atoms. The second-order valence-electron chi connectivity index (χ2n) is 8.46. The summed E-state index contributed by atoms with van der Waals surface area (Å²) in [6.45, 7) is 6.81. The van der Waals surface area contributed by atoms with Gasteiger partial charge in [0.15, 0.2) is 0 Å². The van der Waals surface area contributed by atoms with Crippen LogP contribution >= 0.6 is 0 Å². The van der Waals surface area contributed by atoms with Crippen LogP contribution in [0.1, 0.15) is 79.2 Å². The molecular weight excluding hydrogens is 376 g/mol. The lowest BCUT2D eigenvalue weighted by Gasteiger charge is -2.22. The van der Waals surface area contributed by atoms with Gasteiger partial charge in [-0.2, -0.15) is 0 Å². The van der Waals surface area contributed by atoms with Gasteiger partial charge in [0.25, 0.3) is 5.91 Å². The van der Waals surface area contributed by atoms with Gasteiger partial charge < -0.3 is 14.5 Å². The Morgan fingerprint density at radius 2 is 1.97 bits per heavy atom. The van der Waals surface area contributed by atoms with Crippen molar-refractivity contribution in [1.29, 1.82) is 0 Å². The van der Waals surface area contributed by atoms with E-state index < -0.39 is 0 Å². The number of hydrogen-bond donors (Lipinski definition) is 1. The van der Waals surface area contributed by atoms with Crippen molar-refractivity contribution in [3.05, 3.63) is 59.3 Å². The Hall–Kier alpha value is -2.73. The van der Waals surface area contributed by atoms with Gasteiger partial charge in [-0.1, -0.05) is 33.1 Å². The second-order valence-corrected chi connectivity index (χ2v) is 8.46. The number of ether oxygens (including phenoxy) is 1. The van der Waals surface area contributed by atoms with Crippen LogP contribution in [0.25, 0.3) is 5.65 Å². The lowest BCUT2D eigenvalue weighted by molar-refractivity contribution is 0.0145. The van der Waals surface area contributed by atoms with Crippen molar-refractivity contribution < 1.29 is 9.53 Å². The minimum absolute atomic E-state index is 0.143. The summed E-state index contributed by atoms with van der Waals surface area (Å²) in [6.07, 6.45) is 11.8. The Kier molecular flexibility index (Phi) is 6.13. The van der Waals surface area contributed by atoms with Crippen molar-refractivity contribution in [3.63, 3.8) is 0 Å². The molecule has 6 nitrogen and oxygen atoms in total. The average Bonchev–Trinajstić information content (AvgIpc) is 3.10. The van der Waals surface area contributed by atoms with Gasteiger partial charge in [-0.05, 0) is 49.4 Å². The lowest BCUT2D eigenvalue weighted by atomic mass is 9.98. The summed E-state index contributed by atoms with van der Waals surface area (Å²) >= 11 is 0. The number of aromatic nitrogens is 3. The molecule has 1 amide bonds. The van der Waals surface area contributed by atoms with Gasteiger partial charge in [0.1, 0.15) is 5.65 Å². The molecule has 0 bridgehead atoms. The molecule has 3 aromatic rings. The SMILES string of the molecule is Cc1cn2c(COC3CCCCC3)c(C(C)C)nc2cc1C(=O)Nc1ccncc1. The first kappa shape index (κ1) is 20.5. The third-order valence-corrected chi connectivity index (χ3v) is 5.83. The molecule has 3 aromatic heterocycles. The molecule has 1 saturated carbocycles. The molecule has 1 fully saturated rings. The van der Waals surface area contributed by atoms with Gasteiger partial charge in [0, 0.05) is 29.8 Å². The van der Waals surface area contributed by atoms with Crippen molar-refractivity contribution in [3.8, 4) is 0 Å². The number of aryl methyl sites for hydroxylation is 1. The van der Waals surface area contributed by atoms with E-state index in [1.54, 1.807) is 24.5 Å². The smallest absolute Gasteiger partial charge is 0.256 e. The molecule has 3 heterocycles. The van der Waals surface area contributed by atoms with E-state index in [9.17, 15) is 4.79 Å². The van der Waals surface area contributed by atoms with Crippen LogP contribution in [-0.2, 0) is 11.3 Å². The molecular formula is C24H30N4O2. The predicted octanol–water partition coefficient (Wildman–Crippen LogP) is 5.26. The Morgan fingerprint density at radius 3 is 2.67 bits per heavy atom. The standard InChI is InChI=1S/C24H30N4O2/c1-16(2)23-21(15-30-19-7-5-4-6-8-19)28-14-17(3)20(13-22(28)27-23)24(29)26-18-9-11-25-12-10-18/h9-14,16,19H,4-8,15H2,1-3H3,(H,25,26,29). The topological polar surface area (TPSA) is 68.5 Å². The molecule has 0 atom stereocenters. The fourth-order valence-electron chi connectivity index (χ4n) is 4.17. The summed E-state index contributed by atoms with van der Waals surface area (Å²) in [5.41, 5.74) is 5.17. The highest BCUT2D eigenvalue weighted by Gasteiger charge is 2.21. The highest BCUT2D eigenvalue weighted by molar-refractivity contribution is 6.05. The first-order valence-corrected chi connectivity index (χ1v) is 10.9. The number of anilines is 1. The molecule has 0 unspecified atom stereocenters. The lowest BCUT2D eigenvalue weighted by Crippen LogP contribution is -2.17. The molecule has 0 saturated heterocycles. The fraction of sp³-hybridized carbons (Fsp3) is 0.458. The van der Waals surface area contributed by atoms with Gasteiger partial charge in [0.2, 0.25) is 0 Å². The number of nitrogens with zero attached hydrogens (tertiary/aromatic N) is 3. The maximum Gasteiger partial charge on any atom is 0.256 e. The van der Waals surface area contributed by atoms with Crippen LogP contribution in [0.15, 0.2) is 36.8 Å². The Balaban J connectivity index is 1.63. The number of fused-ring (bicyclic) bond motifs is 1. The zero-order chi connectivity index (χ0) is 21.1. The average molecular weight is 407 g/mol. The number of imidazole rings is 1. The molecule has 0 aliphatic heterocycles. The van der Waals surface area contributed by atoms with E-state index in [1.165, 1.54) is 19.3 Å². The Morgan fingerprint density at radius 1 is 1.23 bits per heavy atom. The highest BCUT2D eigenvalue weighted by atomic mass is 16.5. The zero-order valence-corrected chi connectivity index (χ0v) is 18.0. The molecule has 1 N–H and O–H groups in total. The molecule has 0 aromatic carbocycles. The van der Waals surface area contributed by atoms with Crippen LogP contribution in [0.4, 0.5) is 5.69 Å². The Labute approximate surface area is 177 Å². The van der Waals surface area contributed by atoms with Crippen molar-refractivity contribution in [2.45, 2.75) is 71.5 Å². The first-order valence-electron chi connectivity index (χ1n) is 10.9. The first-order chi connectivity index (χ1) is 14.5. The van der Waals surface area contributed by atoms with E-state index in [4.69, 9.17) is 9.72 Å². The maximum absolute atomic E-state index is 12.8. The van der Waals surface area contributed by atoms with Gasteiger partial charge in [-0.25, -0.2) is 4.98 Å². The third-order valence-electron chi connectivity index (χ3n) is 5.83. The predicted molar refractivity (Wildman–Crippen MR) is 118 cm³/mol. The maximum atomic E-state index is 12.8. The van der Waals surface area contributed by atoms with Crippen LogP contribution < -0.4 is 5.32 Å². The number of amides is 1. The van der Waals surface area contributed by atoms with Crippen molar-refractivity contribution in [1.82, 2.24) is 14.4 Å². The second kappa shape index (κ2) is 8.96. The van der Waals surface area contributed by atoms with Gasteiger partial charge in [-0.3, -0.25) is 9.78 Å². The van der Waals surface area contributed by atoms with Crippen LogP contribution in [-0.4, -0.2) is 26.4 Å². The monoisotopic (exact) mass is 406 g/mol. The molecule has 30 heavy (non-hydrogen) atoms. The number of carbonyl (C=O) groups excluding carboxylic acids is 1. The van der Waals surface area contributed by atoms with E-state index in [-0.39, 0.29) is 11.8 Å². The number of nitrogens with one attached hydrogen (secondary N) is 1. The molecule has 0 radical (unpaired) electrons. The van der Waals surface area contributed by atoms with E-state index >= 15 is 0 Å². The van der Waals surface area contributed by atoms with E-state index in [2.05, 4.69) is 28.5 Å². The van der Waals surface area contributed by atoms with Crippen molar-refractivity contribution >= 4 is 17.2 Å². The van der Waals surface area contributed by atoms with E-state index in [0.717, 1.165) is 41.1 Å². The van der Waals surface area contributed by atoms with Crippen LogP contribution in [0.5, 0.6) is 0 Å². The normalized spacial score (nSPS) is 15.1. The van der Waals surface area contributed by atoms with Gasteiger partial charge in [-0.15, -0.1) is 0 Å². The minimum Gasteiger partial charge on any atom is -0.372 e. The number of rotatable bonds is 6. The minimum atomic E-state index is -0.143. The van der Waals surface area contributed by atoms with Crippen molar-refractivity contribution in [2.24, 2.45) is 0 Å². The van der Waals surface area contributed by atoms with Gasteiger partial charge >= 0.3 is 0 Å². The van der Waals surface area contributed by atoms with Crippen LogP contribution in [0.2, 0.25) is 0 Å². The van der Waals surface area contributed by atoms with Crippen LogP contribution in [0, 0.1) is 6.92 Å². The Bertz CT molecular complexity index is 1020. The quantitative estimate of drug-likeness (QED) is 0.606. The molecule has 1 aliphatic carbocycles. The summed E-state index contributed by atoms with van der Waals surface area (Å²) in [5.74, 6) is 0.138. The zero-order valence-electron chi connectivity index (χ0n) is 18.0. The molecule has 4 rings (SSSR count). The van der Waals surface area contributed by atoms with Gasteiger partial charge in [0.05, 0.1) is 24.1 Å². The summed E-state index contributed by atoms with van der Waals surface area (Å²) in [6, 6.07) is 5.43. The van der Waals surface area contributed by atoms with Crippen molar-refractivity contribution in [2.75, 3.05) is 5.32 Å². The summed E-state index contributed by atoms with van der Waals surface area (Å²) < 4.78 is 8.37.